The maximum absolute atomic E-state index is 10.8. The molecule has 0 radical (unpaired) electrons. The minimum absolute atomic E-state index is 0.571. The summed E-state index contributed by atoms with van der Waals surface area (Å²) in [4.78, 5) is 10.8. The molecule has 2 rings (SSSR count). The van der Waals surface area contributed by atoms with Crippen molar-refractivity contribution in [1.82, 2.24) is 0 Å². The van der Waals surface area contributed by atoms with E-state index in [0.717, 1.165) is 24.9 Å². The van der Waals surface area contributed by atoms with Gasteiger partial charge >= 0.3 is 0 Å². The van der Waals surface area contributed by atoms with Gasteiger partial charge in [-0.2, -0.15) is 0 Å². The summed E-state index contributed by atoms with van der Waals surface area (Å²) in [7, 11) is 1.57. The molecule has 4 heteroatoms. The van der Waals surface area contributed by atoms with Crippen molar-refractivity contribution in [3.8, 4) is 17.2 Å². The van der Waals surface area contributed by atoms with Gasteiger partial charge in [0, 0.05) is 5.56 Å². The van der Waals surface area contributed by atoms with Crippen LogP contribution in [0.3, 0.4) is 0 Å². The zero-order chi connectivity index (χ0) is 18.2. The lowest BCUT2D eigenvalue weighted by molar-refractivity contribution is 0.112. The molecule has 0 N–H and O–H groups in total. The van der Waals surface area contributed by atoms with Gasteiger partial charge in [-0.15, -0.1) is 0 Å². The minimum atomic E-state index is 0.571. The van der Waals surface area contributed by atoms with E-state index in [1.165, 1.54) is 16.7 Å². The van der Waals surface area contributed by atoms with Crippen LogP contribution >= 0.6 is 0 Å². The number of methoxy groups -OCH3 is 1. The molecule has 0 spiro atoms. The average molecular weight is 342 g/mol. The van der Waals surface area contributed by atoms with E-state index in [0.29, 0.717) is 30.3 Å². The highest BCUT2D eigenvalue weighted by molar-refractivity contribution is 5.76. The molecular formula is C21H26O4. The molecule has 4 nitrogen and oxygen atoms in total. The Morgan fingerprint density at radius 3 is 2.20 bits per heavy atom. The summed E-state index contributed by atoms with van der Waals surface area (Å²) >= 11 is 0. The molecule has 25 heavy (non-hydrogen) atoms. The second-order valence-electron chi connectivity index (χ2n) is 6.14. The second-order valence-corrected chi connectivity index (χ2v) is 6.14. The summed E-state index contributed by atoms with van der Waals surface area (Å²) < 4.78 is 16.9. The van der Waals surface area contributed by atoms with Crippen LogP contribution in [-0.2, 0) is 0 Å². The third-order valence-electron chi connectivity index (χ3n) is 4.14. The number of aldehydes is 1. The fourth-order valence-electron chi connectivity index (χ4n) is 2.60. The Morgan fingerprint density at radius 2 is 1.56 bits per heavy atom. The molecule has 2 aromatic carbocycles. The summed E-state index contributed by atoms with van der Waals surface area (Å²) in [6.07, 6.45) is 2.57. The fraction of sp³-hybridized carbons (Fsp3) is 0.381. The lowest BCUT2D eigenvalue weighted by atomic mass is 10.1. The number of hydrogen-bond donors (Lipinski definition) is 0. The van der Waals surface area contributed by atoms with Gasteiger partial charge in [-0.05, 0) is 74.6 Å². The second kappa shape index (κ2) is 9.11. The van der Waals surface area contributed by atoms with Crippen LogP contribution in [0.5, 0.6) is 17.2 Å². The van der Waals surface area contributed by atoms with Gasteiger partial charge in [-0.1, -0.05) is 6.07 Å². The Morgan fingerprint density at radius 1 is 0.880 bits per heavy atom. The number of ether oxygens (including phenoxy) is 3. The van der Waals surface area contributed by atoms with Crippen LogP contribution in [0.1, 0.15) is 39.9 Å². The van der Waals surface area contributed by atoms with Crippen molar-refractivity contribution in [3.05, 3.63) is 52.6 Å². The molecule has 0 unspecified atom stereocenters. The van der Waals surface area contributed by atoms with Crippen LogP contribution in [0, 0.1) is 20.8 Å². The number of carbonyl (C=O) groups is 1. The first-order valence-electron chi connectivity index (χ1n) is 8.52. The molecule has 0 aromatic heterocycles. The van der Waals surface area contributed by atoms with Crippen molar-refractivity contribution in [2.24, 2.45) is 0 Å². The predicted octanol–water partition coefficient (Wildman–Crippen LogP) is 4.67. The van der Waals surface area contributed by atoms with Gasteiger partial charge in [0.25, 0.3) is 0 Å². The van der Waals surface area contributed by atoms with Gasteiger partial charge in [-0.25, -0.2) is 0 Å². The third kappa shape index (κ3) is 5.24. The topological polar surface area (TPSA) is 44.8 Å². The smallest absolute Gasteiger partial charge is 0.161 e. The van der Waals surface area contributed by atoms with E-state index in [1.807, 2.05) is 0 Å². The van der Waals surface area contributed by atoms with Gasteiger partial charge in [-0.3, -0.25) is 4.79 Å². The van der Waals surface area contributed by atoms with Crippen molar-refractivity contribution < 1.29 is 19.0 Å². The van der Waals surface area contributed by atoms with Crippen molar-refractivity contribution >= 4 is 6.29 Å². The summed E-state index contributed by atoms with van der Waals surface area (Å²) in [6, 6.07) is 9.40. The molecule has 134 valence electrons. The van der Waals surface area contributed by atoms with E-state index in [-0.39, 0.29) is 0 Å². The largest absolute Gasteiger partial charge is 0.493 e. The standard InChI is InChI=1S/C21H26O4/c1-15-11-16(2)17(3)20(12-15)25-10-6-5-9-24-19-8-7-18(14-22)13-21(19)23-4/h7-8,11-14H,5-6,9-10H2,1-4H3. The van der Waals surface area contributed by atoms with E-state index in [4.69, 9.17) is 14.2 Å². The number of rotatable bonds is 9. The first kappa shape index (κ1) is 18.8. The van der Waals surface area contributed by atoms with Crippen LogP contribution < -0.4 is 14.2 Å². The summed E-state index contributed by atoms with van der Waals surface area (Å²) in [6.45, 7) is 7.51. The maximum Gasteiger partial charge on any atom is 0.161 e. The molecule has 0 heterocycles. The SMILES string of the molecule is COc1cc(C=O)ccc1OCCCCOc1cc(C)cc(C)c1C. The Balaban J connectivity index is 1.76. The van der Waals surface area contributed by atoms with Crippen molar-refractivity contribution in [3.63, 3.8) is 0 Å². The predicted molar refractivity (Wildman–Crippen MR) is 99.3 cm³/mol. The van der Waals surface area contributed by atoms with E-state index in [9.17, 15) is 4.79 Å². The lowest BCUT2D eigenvalue weighted by Gasteiger charge is -2.13. The van der Waals surface area contributed by atoms with Crippen LogP contribution in [0.4, 0.5) is 0 Å². The Bertz CT molecular complexity index is 722. The van der Waals surface area contributed by atoms with Crippen LogP contribution in [0.15, 0.2) is 30.3 Å². The molecule has 0 atom stereocenters. The Labute approximate surface area is 149 Å². The first-order valence-corrected chi connectivity index (χ1v) is 8.52. The Hall–Kier alpha value is -2.49. The van der Waals surface area contributed by atoms with Crippen LogP contribution in [0.2, 0.25) is 0 Å². The molecule has 0 bridgehead atoms. The minimum Gasteiger partial charge on any atom is -0.493 e. The number of unbranched alkanes of at least 4 members (excludes halogenated alkanes) is 1. The normalized spacial score (nSPS) is 10.4. The summed E-state index contributed by atoms with van der Waals surface area (Å²) in [5.41, 5.74) is 4.24. The zero-order valence-electron chi connectivity index (χ0n) is 15.4. The molecule has 0 aliphatic heterocycles. The van der Waals surface area contributed by atoms with Crippen LogP contribution in [0.25, 0.3) is 0 Å². The van der Waals surface area contributed by atoms with Crippen molar-refractivity contribution in [2.45, 2.75) is 33.6 Å². The van der Waals surface area contributed by atoms with E-state index >= 15 is 0 Å². The highest BCUT2D eigenvalue weighted by atomic mass is 16.5. The highest BCUT2D eigenvalue weighted by Crippen LogP contribution is 2.28. The third-order valence-corrected chi connectivity index (χ3v) is 4.14. The van der Waals surface area contributed by atoms with Gasteiger partial charge < -0.3 is 14.2 Å². The van der Waals surface area contributed by atoms with Gasteiger partial charge in [0.15, 0.2) is 11.5 Å². The molecular weight excluding hydrogens is 316 g/mol. The molecule has 0 fully saturated rings. The number of hydrogen-bond acceptors (Lipinski definition) is 4. The molecule has 0 saturated carbocycles. The van der Waals surface area contributed by atoms with Gasteiger partial charge in [0.05, 0.1) is 20.3 Å². The monoisotopic (exact) mass is 342 g/mol. The molecule has 0 saturated heterocycles. The zero-order valence-corrected chi connectivity index (χ0v) is 15.4. The average Bonchev–Trinajstić information content (AvgIpc) is 2.61. The maximum atomic E-state index is 10.8. The first-order chi connectivity index (χ1) is 12.0. The van der Waals surface area contributed by atoms with Crippen molar-refractivity contribution in [2.75, 3.05) is 20.3 Å². The van der Waals surface area contributed by atoms with Gasteiger partial charge in [0.2, 0.25) is 0 Å². The molecule has 0 aliphatic rings. The summed E-state index contributed by atoms with van der Waals surface area (Å²) in [5, 5.41) is 0. The molecule has 0 amide bonds. The van der Waals surface area contributed by atoms with E-state index in [2.05, 4.69) is 32.9 Å². The van der Waals surface area contributed by atoms with Crippen LogP contribution in [-0.4, -0.2) is 26.6 Å². The molecule has 2 aromatic rings. The highest BCUT2D eigenvalue weighted by Gasteiger charge is 2.06. The van der Waals surface area contributed by atoms with E-state index in [1.54, 1.807) is 25.3 Å². The van der Waals surface area contributed by atoms with E-state index < -0.39 is 0 Å². The number of aryl methyl sites for hydroxylation is 2. The number of benzene rings is 2. The Kier molecular flexibility index (Phi) is 6.87. The summed E-state index contributed by atoms with van der Waals surface area (Å²) in [5.74, 6) is 2.19. The van der Waals surface area contributed by atoms with Gasteiger partial charge in [0.1, 0.15) is 12.0 Å². The fourth-order valence-corrected chi connectivity index (χ4v) is 2.60. The quantitative estimate of drug-likeness (QED) is 0.491. The lowest BCUT2D eigenvalue weighted by Crippen LogP contribution is -2.04. The number of carbonyl (C=O) groups excluding carboxylic acids is 1. The molecule has 0 aliphatic carbocycles. The van der Waals surface area contributed by atoms with Crippen molar-refractivity contribution in [1.29, 1.82) is 0 Å².